The molecule has 136 valence electrons. The van der Waals surface area contributed by atoms with Crippen LogP contribution in [0.15, 0.2) is 64.5 Å². The van der Waals surface area contributed by atoms with E-state index in [9.17, 15) is 4.79 Å². The van der Waals surface area contributed by atoms with Crippen molar-refractivity contribution in [2.24, 2.45) is 0 Å². The number of H-pyrrole nitrogens is 1. The van der Waals surface area contributed by atoms with Gasteiger partial charge in [-0.1, -0.05) is 71.9 Å². The fraction of sp³-hybridized carbons (Fsp3) is 0.190. The topological polar surface area (TPSA) is 63.1 Å². The van der Waals surface area contributed by atoms with Crippen LogP contribution in [0.2, 0.25) is 0 Å². The molecular formula is C21H20N4OS. The van der Waals surface area contributed by atoms with Gasteiger partial charge in [-0.15, -0.1) is 0 Å². The largest absolute Gasteiger partial charge is 0.277 e. The average Bonchev–Trinajstić information content (AvgIpc) is 3.09. The number of thioether (sulfide) groups is 1. The van der Waals surface area contributed by atoms with Crippen molar-refractivity contribution in [1.29, 1.82) is 0 Å². The lowest BCUT2D eigenvalue weighted by Gasteiger charge is -2.05. The monoisotopic (exact) mass is 376 g/mol. The maximum absolute atomic E-state index is 13.0. The predicted molar refractivity (Wildman–Crippen MR) is 108 cm³/mol. The number of rotatable bonds is 5. The molecular weight excluding hydrogens is 356 g/mol. The van der Waals surface area contributed by atoms with Crippen molar-refractivity contribution in [2.45, 2.75) is 31.2 Å². The zero-order valence-electron chi connectivity index (χ0n) is 15.3. The number of fused-ring (bicyclic) bond motifs is 1. The van der Waals surface area contributed by atoms with Crippen LogP contribution in [0.1, 0.15) is 27.9 Å². The predicted octanol–water partition coefficient (Wildman–Crippen LogP) is 3.92. The lowest BCUT2D eigenvalue weighted by molar-refractivity contribution is 0.825. The van der Waals surface area contributed by atoms with E-state index >= 15 is 0 Å². The van der Waals surface area contributed by atoms with E-state index in [4.69, 9.17) is 0 Å². The molecule has 0 unspecified atom stereocenters. The summed E-state index contributed by atoms with van der Waals surface area (Å²) in [6.45, 7) is 3.92. The number of hydrogen-bond donors (Lipinski definition) is 1. The molecule has 0 fully saturated rings. The van der Waals surface area contributed by atoms with Crippen LogP contribution in [0, 0.1) is 13.8 Å². The van der Waals surface area contributed by atoms with Gasteiger partial charge in [-0.3, -0.25) is 9.89 Å². The molecule has 4 aromatic rings. The summed E-state index contributed by atoms with van der Waals surface area (Å²) in [5.74, 6) is 1.20. The molecule has 0 aliphatic heterocycles. The maximum Gasteiger partial charge on any atom is 0.277 e. The molecule has 0 amide bonds. The number of aromatic amines is 1. The number of hydrogen-bond acceptors (Lipinski definition) is 4. The Morgan fingerprint density at radius 1 is 0.963 bits per heavy atom. The highest BCUT2D eigenvalue weighted by Gasteiger charge is 2.14. The van der Waals surface area contributed by atoms with E-state index in [1.54, 1.807) is 11.8 Å². The van der Waals surface area contributed by atoms with E-state index in [0.717, 1.165) is 17.0 Å². The molecule has 0 radical (unpaired) electrons. The summed E-state index contributed by atoms with van der Waals surface area (Å²) in [7, 11) is 0. The molecule has 6 heteroatoms. The third-order valence-electron chi connectivity index (χ3n) is 4.49. The Hall–Kier alpha value is -2.86. The standard InChI is InChI=1S/C21H20N4OS/c1-14-8-10-16(11-9-14)12-18-15(2)22-20-23-21(24-25(20)19(18)26)27-13-17-6-4-3-5-7-17/h3-11H,12-13H2,1-2H3,(H,22,23,24). The van der Waals surface area contributed by atoms with Gasteiger partial charge in [0.1, 0.15) is 0 Å². The Bertz CT molecular complexity index is 1130. The summed E-state index contributed by atoms with van der Waals surface area (Å²) in [6.07, 6.45) is 0.562. The van der Waals surface area contributed by atoms with Gasteiger partial charge in [0, 0.05) is 17.7 Å². The normalized spacial score (nSPS) is 11.2. The molecule has 2 heterocycles. The van der Waals surface area contributed by atoms with Crippen molar-refractivity contribution in [3.8, 4) is 0 Å². The van der Waals surface area contributed by atoms with E-state index in [1.807, 2.05) is 25.1 Å². The third kappa shape index (κ3) is 3.80. The van der Waals surface area contributed by atoms with E-state index < -0.39 is 0 Å². The van der Waals surface area contributed by atoms with Gasteiger partial charge in [-0.25, -0.2) is 4.98 Å². The highest BCUT2D eigenvalue weighted by Crippen LogP contribution is 2.19. The third-order valence-corrected chi connectivity index (χ3v) is 5.43. The van der Waals surface area contributed by atoms with Crippen LogP contribution in [0.25, 0.3) is 5.78 Å². The zero-order valence-corrected chi connectivity index (χ0v) is 16.1. The van der Waals surface area contributed by atoms with Crippen molar-refractivity contribution >= 4 is 17.5 Å². The first-order valence-electron chi connectivity index (χ1n) is 8.80. The quantitative estimate of drug-likeness (QED) is 0.536. The van der Waals surface area contributed by atoms with Crippen LogP contribution < -0.4 is 5.56 Å². The fourth-order valence-electron chi connectivity index (χ4n) is 2.94. The summed E-state index contributed by atoms with van der Waals surface area (Å²) < 4.78 is 1.45. The second kappa shape index (κ2) is 7.40. The molecule has 2 aromatic carbocycles. The molecule has 0 aliphatic carbocycles. The zero-order chi connectivity index (χ0) is 18.8. The molecule has 0 aliphatic rings. The number of benzene rings is 2. The Morgan fingerprint density at radius 2 is 1.70 bits per heavy atom. The van der Waals surface area contributed by atoms with E-state index in [1.165, 1.54) is 15.6 Å². The second-order valence-corrected chi connectivity index (χ2v) is 7.55. The summed E-state index contributed by atoms with van der Waals surface area (Å²) in [5, 5.41) is 3.78. The van der Waals surface area contributed by atoms with Crippen molar-refractivity contribution < 1.29 is 0 Å². The second-order valence-electron chi connectivity index (χ2n) is 6.58. The molecule has 5 nitrogen and oxygen atoms in total. The number of nitrogens with one attached hydrogen (secondary N) is 1. The first kappa shape index (κ1) is 17.5. The molecule has 27 heavy (non-hydrogen) atoms. The minimum Gasteiger partial charge on any atom is -0.267 e. The van der Waals surface area contributed by atoms with E-state index in [0.29, 0.717) is 22.9 Å². The Kier molecular flexibility index (Phi) is 4.81. The van der Waals surface area contributed by atoms with Crippen LogP contribution in [0.3, 0.4) is 0 Å². The SMILES string of the molecule is Cc1ccc(Cc2c(C)nc3nc(SCc4ccccc4)[nH]n3c2=O)cc1. The van der Waals surface area contributed by atoms with Gasteiger partial charge >= 0.3 is 0 Å². The van der Waals surface area contributed by atoms with Crippen LogP contribution in [-0.4, -0.2) is 19.6 Å². The number of aryl methyl sites for hydroxylation is 2. The van der Waals surface area contributed by atoms with Gasteiger partial charge in [0.25, 0.3) is 11.3 Å². The molecule has 2 aromatic heterocycles. The average molecular weight is 376 g/mol. The maximum atomic E-state index is 13.0. The Labute approximate surface area is 161 Å². The Balaban J connectivity index is 1.62. The molecule has 0 bridgehead atoms. The summed E-state index contributed by atoms with van der Waals surface area (Å²) >= 11 is 1.56. The lowest BCUT2D eigenvalue weighted by atomic mass is 10.0. The smallest absolute Gasteiger partial charge is 0.267 e. The van der Waals surface area contributed by atoms with Gasteiger partial charge in [0.15, 0.2) is 5.16 Å². The molecule has 1 N–H and O–H groups in total. The first-order chi connectivity index (χ1) is 13.1. The van der Waals surface area contributed by atoms with Crippen LogP contribution in [0.5, 0.6) is 0 Å². The van der Waals surface area contributed by atoms with Crippen molar-refractivity contribution in [1.82, 2.24) is 19.6 Å². The number of nitrogens with zero attached hydrogens (tertiary/aromatic N) is 3. The minimum atomic E-state index is -0.0860. The highest BCUT2D eigenvalue weighted by atomic mass is 32.2. The summed E-state index contributed by atoms with van der Waals surface area (Å²) in [4.78, 5) is 22.0. The van der Waals surface area contributed by atoms with Crippen molar-refractivity contribution in [3.05, 3.63) is 92.9 Å². The lowest BCUT2D eigenvalue weighted by Crippen LogP contribution is -2.22. The highest BCUT2D eigenvalue weighted by molar-refractivity contribution is 7.98. The summed E-state index contributed by atoms with van der Waals surface area (Å²) in [6, 6.07) is 18.4. The van der Waals surface area contributed by atoms with Crippen molar-refractivity contribution in [3.63, 3.8) is 0 Å². The van der Waals surface area contributed by atoms with Gasteiger partial charge in [0.05, 0.1) is 5.69 Å². The van der Waals surface area contributed by atoms with Gasteiger partial charge in [-0.2, -0.15) is 9.50 Å². The minimum absolute atomic E-state index is 0.0860. The molecule has 0 saturated heterocycles. The fourth-order valence-corrected chi connectivity index (χ4v) is 3.74. The van der Waals surface area contributed by atoms with Crippen molar-refractivity contribution in [2.75, 3.05) is 0 Å². The van der Waals surface area contributed by atoms with Gasteiger partial charge in [0.2, 0.25) is 0 Å². The molecule has 0 atom stereocenters. The number of aromatic nitrogens is 4. The van der Waals surface area contributed by atoms with E-state index in [2.05, 4.69) is 58.4 Å². The molecule has 0 saturated carbocycles. The molecule has 4 rings (SSSR count). The van der Waals surface area contributed by atoms with Gasteiger partial charge in [-0.05, 0) is 25.0 Å². The van der Waals surface area contributed by atoms with Crippen LogP contribution >= 0.6 is 11.8 Å². The summed E-state index contributed by atoms with van der Waals surface area (Å²) in [5.41, 5.74) is 4.85. The van der Waals surface area contributed by atoms with E-state index in [-0.39, 0.29) is 5.56 Å². The Morgan fingerprint density at radius 3 is 2.44 bits per heavy atom. The molecule has 0 spiro atoms. The van der Waals surface area contributed by atoms with Gasteiger partial charge < -0.3 is 0 Å². The van der Waals surface area contributed by atoms with Crippen LogP contribution in [-0.2, 0) is 12.2 Å². The van der Waals surface area contributed by atoms with Crippen LogP contribution in [0.4, 0.5) is 0 Å². The first-order valence-corrected chi connectivity index (χ1v) is 9.79.